The summed E-state index contributed by atoms with van der Waals surface area (Å²) < 4.78 is 11.7. The molecular formula is C18H24O4. The summed E-state index contributed by atoms with van der Waals surface area (Å²) >= 11 is 0. The van der Waals surface area contributed by atoms with Gasteiger partial charge in [-0.15, -0.1) is 0 Å². The van der Waals surface area contributed by atoms with Crippen molar-refractivity contribution >= 4 is 5.78 Å². The van der Waals surface area contributed by atoms with Crippen molar-refractivity contribution in [2.45, 2.75) is 60.0 Å². The van der Waals surface area contributed by atoms with Crippen LogP contribution in [0.25, 0.3) is 0 Å². The smallest absolute Gasteiger partial charge is 0.191 e. The molecule has 2 heterocycles. The Hall–Kier alpha value is -1.84. The maximum Gasteiger partial charge on any atom is 0.191 e. The van der Waals surface area contributed by atoms with Crippen molar-refractivity contribution in [3.8, 4) is 0 Å². The fraction of sp³-hybridized carbons (Fsp3) is 0.556. The summed E-state index contributed by atoms with van der Waals surface area (Å²) in [5, 5.41) is 0. The first-order chi connectivity index (χ1) is 10.3. The molecule has 4 nitrogen and oxygen atoms in total. The van der Waals surface area contributed by atoms with E-state index in [9.17, 15) is 9.59 Å². The second kappa shape index (κ2) is 6.11. The average Bonchev–Trinajstić information content (AvgIpc) is 2.50. The lowest BCUT2D eigenvalue weighted by Crippen LogP contribution is -2.36. The molecule has 0 spiro atoms. The van der Waals surface area contributed by atoms with Crippen molar-refractivity contribution in [1.29, 1.82) is 0 Å². The highest BCUT2D eigenvalue weighted by Crippen LogP contribution is 2.33. The lowest BCUT2D eigenvalue weighted by atomic mass is 9.84. The molecule has 0 amide bonds. The maximum atomic E-state index is 12.4. The summed E-state index contributed by atoms with van der Waals surface area (Å²) in [4.78, 5) is 24.5. The minimum absolute atomic E-state index is 0.0199. The van der Waals surface area contributed by atoms with E-state index in [0.717, 1.165) is 0 Å². The monoisotopic (exact) mass is 304 g/mol. The zero-order valence-electron chi connectivity index (χ0n) is 14.1. The molecule has 0 fully saturated rings. The lowest BCUT2D eigenvalue weighted by Gasteiger charge is -2.31. The summed E-state index contributed by atoms with van der Waals surface area (Å²) in [6.45, 7) is 11.1. The zero-order valence-corrected chi connectivity index (χ0v) is 14.1. The third kappa shape index (κ3) is 2.62. The van der Waals surface area contributed by atoms with Crippen molar-refractivity contribution in [3.63, 3.8) is 0 Å². The molecule has 0 aromatic carbocycles. The molecule has 1 aliphatic heterocycles. The van der Waals surface area contributed by atoms with E-state index in [1.165, 1.54) is 6.26 Å². The van der Waals surface area contributed by atoms with Crippen LogP contribution in [0.15, 0.2) is 21.0 Å². The molecule has 22 heavy (non-hydrogen) atoms. The molecule has 120 valence electrons. The Morgan fingerprint density at radius 3 is 2.41 bits per heavy atom. The van der Waals surface area contributed by atoms with E-state index in [4.69, 9.17) is 9.15 Å². The van der Waals surface area contributed by atoms with Gasteiger partial charge in [-0.05, 0) is 20.8 Å². The largest absolute Gasteiger partial charge is 0.496 e. The Labute approximate surface area is 131 Å². The summed E-state index contributed by atoms with van der Waals surface area (Å²) in [5.74, 6) is 1.01. The molecule has 2 rings (SSSR count). The first kappa shape index (κ1) is 16.5. The minimum Gasteiger partial charge on any atom is -0.496 e. The molecule has 0 saturated heterocycles. The van der Waals surface area contributed by atoms with Gasteiger partial charge in [0.15, 0.2) is 11.2 Å². The van der Waals surface area contributed by atoms with Gasteiger partial charge in [-0.3, -0.25) is 9.59 Å². The van der Waals surface area contributed by atoms with Gasteiger partial charge in [0.05, 0.1) is 18.1 Å². The van der Waals surface area contributed by atoms with Crippen molar-refractivity contribution in [3.05, 3.63) is 44.7 Å². The Morgan fingerprint density at radius 1 is 1.18 bits per heavy atom. The normalized spacial score (nSPS) is 23.0. The van der Waals surface area contributed by atoms with Crippen LogP contribution in [0.5, 0.6) is 0 Å². The predicted octanol–water partition coefficient (Wildman–Crippen LogP) is 3.43. The molecule has 0 saturated carbocycles. The van der Waals surface area contributed by atoms with E-state index < -0.39 is 0 Å². The zero-order chi connectivity index (χ0) is 16.6. The molecule has 4 heteroatoms. The molecular weight excluding hydrogens is 280 g/mol. The Kier molecular flexibility index (Phi) is 4.59. The van der Waals surface area contributed by atoms with E-state index >= 15 is 0 Å². The number of aryl methyl sites for hydroxylation is 1. The fourth-order valence-corrected chi connectivity index (χ4v) is 3.14. The van der Waals surface area contributed by atoms with Crippen LogP contribution in [0.2, 0.25) is 0 Å². The van der Waals surface area contributed by atoms with Gasteiger partial charge in [0.25, 0.3) is 0 Å². The van der Waals surface area contributed by atoms with Gasteiger partial charge in [-0.25, -0.2) is 0 Å². The van der Waals surface area contributed by atoms with Crippen LogP contribution in [-0.2, 0) is 16.0 Å². The Bertz CT molecular complexity index is 681. The van der Waals surface area contributed by atoms with Gasteiger partial charge in [0.1, 0.15) is 17.6 Å². The number of hydrogen-bond donors (Lipinski definition) is 0. The predicted molar refractivity (Wildman–Crippen MR) is 85.0 cm³/mol. The second-order valence-electron chi connectivity index (χ2n) is 6.17. The van der Waals surface area contributed by atoms with Gasteiger partial charge in [-0.2, -0.15) is 0 Å². The third-order valence-electron chi connectivity index (χ3n) is 4.63. The fourth-order valence-electron chi connectivity index (χ4n) is 3.14. The van der Waals surface area contributed by atoms with E-state index in [1.54, 1.807) is 20.8 Å². The van der Waals surface area contributed by atoms with Gasteiger partial charge in [0, 0.05) is 23.1 Å². The molecule has 1 aromatic heterocycles. The highest BCUT2D eigenvalue weighted by atomic mass is 16.5. The Balaban J connectivity index is 2.46. The highest BCUT2D eigenvalue weighted by molar-refractivity contribution is 5.97. The number of carbonyl (C=O) groups is 1. The molecule has 0 radical (unpaired) electrons. The molecule has 1 aliphatic rings. The number of carbonyl (C=O) groups excluding carboxylic acids is 1. The molecule has 1 aromatic rings. The summed E-state index contributed by atoms with van der Waals surface area (Å²) in [6, 6.07) is 0. The number of hydrogen-bond acceptors (Lipinski definition) is 4. The summed E-state index contributed by atoms with van der Waals surface area (Å²) in [5.41, 5.74) is 1.93. The minimum atomic E-state index is -0.314. The molecule has 3 atom stereocenters. The molecule has 0 aliphatic carbocycles. The van der Waals surface area contributed by atoms with E-state index in [-0.39, 0.29) is 29.2 Å². The topological polar surface area (TPSA) is 56.5 Å². The van der Waals surface area contributed by atoms with Crippen LogP contribution in [0, 0.1) is 19.8 Å². The van der Waals surface area contributed by atoms with Crippen molar-refractivity contribution in [2.75, 3.05) is 0 Å². The first-order valence-electron chi connectivity index (χ1n) is 7.79. The molecule has 0 bridgehead atoms. The standard InChI is InChI=1S/C18H24O4/c1-7-14-10(3)16(20)12(5)18(22-14)13(6)17-11(4)15(19)9(2)8-21-17/h8,11,13,17H,7H2,1-6H3/t11-,13+,17+/m1/s1. The van der Waals surface area contributed by atoms with E-state index in [0.29, 0.717) is 34.6 Å². The number of ether oxygens (including phenoxy) is 1. The van der Waals surface area contributed by atoms with E-state index in [1.807, 2.05) is 20.8 Å². The van der Waals surface area contributed by atoms with Crippen molar-refractivity contribution < 1.29 is 13.9 Å². The molecule has 0 unspecified atom stereocenters. The summed E-state index contributed by atoms with van der Waals surface area (Å²) in [6.07, 6.45) is 1.87. The van der Waals surface area contributed by atoms with Gasteiger partial charge in [-0.1, -0.05) is 20.8 Å². The lowest BCUT2D eigenvalue weighted by molar-refractivity contribution is -0.125. The Morgan fingerprint density at radius 2 is 1.82 bits per heavy atom. The van der Waals surface area contributed by atoms with Gasteiger partial charge >= 0.3 is 0 Å². The first-order valence-corrected chi connectivity index (χ1v) is 7.79. The van der Waals surface area contributed by atoms with Gasteiger partial charge < -0.3 is 9.15 Å². The van der Waals surface area contributed by atoms with Gasteiger partial charge in [0.2, 0.25) is 0 Å². The van der Waals surface area contributed by atoms with Crippen LogP contribution in [0.1, 0.15) is 56.3 Å². The number of allylic oxidation sites excluding steroid dienone is 1. The van der Waals surface area contributed by atoms with Crippen LogP contribution in [0.4, 0.5) is 0 Å². The van der Waals surface area contributed by atoms with Crippen molar-refractivity contribution in [1.82, 2.24) is 0 Å². The second-order valence-corrected chi connectivity index (χ2v) is 6.17. The quantitative estimate of drug-likeness (QED) is 0.858. The van der Waals surface area contributed by atoms with Crippen LogP contribution in [0.3, 0.4) is 0 Å². The highest BCUT2D eigenvalue weighted by Gasteiger charge is 2.36. The number of rotatable bonds is 3. The summed E-state index contributed by atoms with van der Waals surface area (Å²) in [7, 11) is 0. The third-order valence-corrected chi connectivity index (χ3v) is 4.63. The van der Waals surface area contributed by atoms with E-state index in [2.05, 4.69) is 0 Å². The number of ketones is 1. The number of Topliss-reactive ketones (excluding diaryl/α,β-unsaturated/α-hetero) is 1. The van der Waals surface area contributed by atoms with Crippen LogP contribution >= 0.6 is 0 Å². The average molecular weight is 304 g/mol. The van der Waals surface area contributed by atoms with Crippen LogP contribution in [-0.4, -0.2) is 11.9 Å². The SMILES string of the molecule is CCc1oc([C@@H](C)[C@H]2OC=C(C)C(=O)[C@H]2C)c(C)c(=O)c1C. The van der Waals surface area contributed by atoms with Crippen LogP contribution < -0.4 is 5.43 Å². The molecule has 0 N–H and O–H groups in total. The van der Waals surface area contributed by atoms with Crippen molar-refractivity contribution in [2.24, 2.45) is 5.92 Å². The maximum absolute atomic E-state index is 12.4.